The van der Waals surface area contributed by atoms with E-state index in [-0.39, 0.29) is 0 Å². The first-order valence-corrected chi connectivity index (χ1v) is 8.23. The Morgan fingerprint density at radius 2 is 2.00 bits per heavy atom. The quantitative estimate of drug-likeness (QED) is 0.485. The van der Waals surface area contributed by atoms with Crippen LogP contribution >= 0.6 is 23.4 Å². The highest BCUT2D eigenvalue weighted by Gasteiger charge is 2.31. The van der Waals surface area contributed by atoms with Crippen LogP contribution in [0.25, 0.3) is 5.65 Å². The molecule has 0 fully saturated rings. The molecular weight excluding hydrogens is 363 g/mol. The molecule has 0 aliphatic rings. The number of fused-ring (bicyclic) bond motifs is 1. The summed E-state index contributed by atoms with van der Waals surface area (Å²) in [5, 5.41) is 8.72. The molecule has 0 unspecified atom stereocenters. The summed E-state index contributed by atoms with van der Waals surface area (Å²) in [6.45, 7) is 0.360. The second-order valence-electron chi connectivity index (χ2n) is 4.78. The molecule has 0 amide bonds. The molecule has 3 aromatic rings. The molecule has 0 aliphatic heterocycles. The van der Waals surface area contributed by atoms with E-state index < -0.39 is 11.7 Å². The lowest BCUT2D eigenvalue weighted by Crippen LogP contribution is -2.06. The molecule has 3 rings (SSSR count). The Morgan fingerprint density at radius 3 is 2.75 bits per heavy atom. The predicted molar refractivity (Wildman–Crippen MR) is 85.7 cm³/mol. The van der Waals surface area contributed by atoms with Crippen molar-refractivity contribution < 1.29 is 17.9 Å². The van der Waals surface area contributed by atoms with E-state index in [0.29, 0.717) is 33.9 Å². The van der Waals surface area contributed by atoms with Crippen molar-refractivity contribution in [3.8, 4) is 5.75 Å². The topological polar surface area (TPSA) is 39.4 Å². The van der Waals surface area contributed by atoms with Crippen molar-refractivity contribution in [3.05, 3.63) is 53.2 Å². The van der Waals surface area contributed by atoms with Crippen molar-refractivity contribution in [2.24, 2.45) is 0 Å². The summed E-state index contributed by atoms with van der Waals surface area (Å²) in [4.78, 5) is 0. The Kier molecular flexibility index (Phi) is 4.86. The molecule has 4 nitrogen and oxygen atoms in total. The Morgan fingerprint density at radius 1 is 1.17 bits per heavy atom. The molecule has 9 heteroatoms. The molecule has 126 valence electrons. The van der Waals surface area contributed by atoms with Gasteiger partial charge in [-0.25, -0.2) is 0 Å². The highest BCUT2D eigenvalue weighted by molar-refractivity contribution is 7.99. The van der Waals surface area contributed by atoms with Crippen LogP contribution in [-0.4, -0.2) is 27.0 Å². The summed E-state index contributed by atoms with van der Waals surface area (Å²) in [5.74, 6) is 1.14. The number of rotatable bonds is 5. The molecule has 0 N–H and O–H groups in total. The number of hydrogen-bond acceptors (Lipinski definition) is 4. The number of alkyl halides is 3. The van der Waals surface area contributed by atoms with E-state index in [9.17, 15) is 13.2 Å². The van der Waals surface area contributed by atoms with Gasteiger partial charge in [0.1, 0.15) is 5.75 Å². The third-order valence-electron chi connectivity index (χ3n) is 3.08. The normalized spacial score (nSPS) is 11.8. The summed E-state index contributed by atoms with van der Waals surface area (Å²) in [6.07, 6.45) is -3.41. The van der Waals surface area contributed by atoms with Gasteiger partial charge in [-0.3, -0.25) is 4.40 Å². The van der Waals surface area contributed by atoms with E-state index in [4.69, 9.17) is 16.3 Å². The lowest BCUT2D eigenvalue weighted by molar-refractivity contribution is -0.137. The average molecular weight is 374 g/mol. The van der Waals surface area contributed by atoms with Crippen molar-refractivity contribution in [1.82, 2.24) is 14.6 Å². The van der Waals surface area contributed by atoms with Crippen LogP contribution in [0.15, 0.2) is 47.8 Å². The summed E-state index contributed by atoms with van der Waals surface area (Å²) in [5.41, 5.74) is -0.381. The minimum atomic E-state index is -4.41. The van der Waals surface area contributed by atoms with Crippen LogP contribution in [0.3, 0.4) is 0 Å². The van der Waals surface area contributed by atoms with Gasteiger partial charge >= 0.3 is 6.18 Å². The van der Waals surface area contributed by atoms with Gasteiger partial charge in [-0.2, -0.15) is 13.2 Å². The molecule has 0 atom stereocenters. The van der Waals surface area contributed by atoms with Crippen LogP contribution in [0, 0.1) is 0 Å². The molecule has 0 aliphatic carbocycles. The Labute approximate surface area is 144 Å². The highest BCUT2D eigenvalue weighted by Crippen LogP contribution is 2.30. The van der Waals surface area contributed by atoms with Gasteiger partial charge in [0.2, 0.25) is 0 Å². The second-order valence-corrected chi connectivity index (χ2v) is 6.28. The van der Waals surface area contributed by atoms with Crippen molar-refractivity contribution in [2.45, 2.75) is 11.3 Å². The first-order valence-electron chi connectivity index (χ1n) is 6.86. The van der Waals surface area contributed by atoms with Crippen molar-refractivity contribution in [1.29, 1.82) is 0 Å². The van der Waals surface area contributed by atoms with E-state index >= 15 is 0 Å². The number of benzene rings is 1. The molecule has 0 saturated carbocycles. The van der Waals surface area contributed by atoms with Gasteiger partial charge in [0, 0.05) is 17.0 Å². The van der Waals surface area contributed by atoms with Gasteiger partial charge in [0.15, 0.2) is 10.8 Å². The van der Waals surface area contributed by atoms with E-state index in [2.05, 4.69) is 10.2 Å². The SMILES string of the molecule is FC(F)(F)c1ccc2nnc(SCCOc3cccc(Cl)c3)n2c1. The fourth-order valence-corrected chi connectivity index (χ4v) is 2.90. The van der Waals surface area contributed by atoms with Gasteiger partial charge in [0.25, 0.3) is 0 Å². The molecule has 1 aromatic carbocycles. The number of thioether (sulfide) groups is 1. The lowest BCUT2D eigenvalue weighted by Gasteiger charge is -2.08. The van der Waals surface area contributed by atoms with Gasteiger partial charge in [0.05, 0.1) is 12.2 Å². The fraction of sp³-hybridized carbons (Fsp3) is 0.200. The zero-order valence-corrected chi connectivity index (χ0v) is 13.7. The van der Waals surface area contributed by atoms with Gasteiger partial charge in [-0.05, 0) is 30.3 Å². The number of ether oxygens (including phenoxy) is 1. The van der Waals surface area contributed by atoms with Crippen LogP contribution in [0.2, 0.25) is 5.02 Å². The van der Waals surface area contributed by atoms with E-state index in [1.165, 1.54) is 22.2 Å². The second kappa shape index (κ2) is 6.90. The third kappa shape index (κ3) is 3.93. The summed E-state index contributed by atoms with van der Waals surface area (Å²) in [7, 11) is 0. The summed E-state index contributed by atoms with van der Waals surface area (Å²) < 4.78 is 45.2. The molecular formula is C15H11ClF3N3OS. The zero-order valence-electron chi connectivity index (χ0n) is 12.1. The zero-order chi connectivity index (χ0) is 17.2. The number of pyridine rings is 1. The van der Waals surface area contributed by atoms with Crippen molar-refractivity contribution in [3.63, 3.8) is 0 Å². The Hall–Kier alpha value is -1.93. The first-order chi connectivity index (χ1) is 11.4. The Bertz CT molecular complexity index is 853. The molecule has 24 heavy (non-hydrogen) atoms. The molecule has 0 spiro atoms. The molecule has 2 aromatic heterocycles. The maximum Gasteiger partial charge on any atom is 0.417 e. The van der Waals surface area contributed by atoms with Crippen LogP contribution in [0.4, 0.5) is 13.2 Å². The lowest BCUT2D eigenvalue weighted by atomic mass is 10.3. The maximum absolute atomic E-state index is 12.8. The first kappa shape index (κ1) is 16.9. The van der Waals surface area contributed by atoms with Gasteiger partial charge in [-0.1, -0.05) is 29.4 Å². The maximum atomic E-state index is 12.8. The average Bonchev–Trinajstić information content (AvgIpc) is 2.93. The minimum absolute atomic E-state index is 0.360. The largest absolute Gasteiger partial charge is 0.493 e. The monoisotopic (exact) mass is 373 g/mol. The van der Waals surface area contributed by atoms with Crippen LogP contribution in [-0.2, 0) is 6.18 Å². The molecule has 0 saturated heterocycles. The number of aromatic nitrogens is 3. The predicted octanol–water partition coefficient (Wildman–Crippen LogP) is 4.57. The van der Waals surface area contributed by atoms with E-state index in [0.717, 1.165) is 12.3 Å². The smallest absolute Gasteiger partial charge is 0.417 e. The number of nitrogens with zero attached hydrogens (tertiary/aromatic N) is 3. The van der Waals surface area contributed by atoms with Crippen LogP contribution in [0.1, 0.15) is 5.56 Å². The van der Waals surface area contributed by atoms with E-state index in [1.807, 2.05) is 0 Å². The standard InChI is InChI=1S/C15H11ClF3N3OS/c16-11-2-1-3-12(8-11)23-6-7-24-14-21-20-13-5-4-10(9-22(13)14)15(17,18)19/h1-5,8-9H,6-7H2. The van der Waals surface area contributed by atoms with Crippen LogP contribution in [0.5, 0.6) is 5.75 Å². The summed E-state index contributed by atoms with van der Waals surface area (Å²) >= 11 is 7.12. The molecule has 2 heterocycles. The Balaban J connectivity index is 1.65. The highest BCUT2D eigenvalue weighted by atomic mass is 35.5. The van der Waals surface area contributed by atoms with Crippen molar-refractivity contribution in [2.75, 3.05) is 12.4 Å². The third-order valence-corrected chi connectivity index (χ3v) is 4.22. The number of hydrogen-bond donors (Lipinski definition) is 0. The molecule has 0 bridgehead atoms. The van der Waals surface area contributed by atoms with Crippen LogP contribution < -0.4 is 4.74 Å². The molecule has 0 radical (unpaired) electrons. The number of halogens is 4. The van der Waals surface area contributed by atoms with Gasteiger partial charge in [-0.15, -0.1) is 10.2 Å². The minimum Gasteiger partial charge on any atom is -0.493 e. The summed E-state index contributed by atoms with van der Waals surface area (Å²) in [6, 6.07) is 9.26. The fourth-order valence-electron chi connectivity index (χ4n) is 1.99. The van der Waals surface area contributed by atoms with Gasteiger partial charge < -0.3 is 4.74 Å². The van der Waals surface area contributed by atoms with E-state index in [1.54, 1.807) is 24.3 Å². The van der Waals surface area contributed by atoms with Crippen molar-refractivity contribution >= 4 is 29.0 Å².